The van der Waals surface area contributed by atoms with Crippen LogP contribution in [0.2, 0.25) is 0 Å². The maximum atomic E-state index is 6.09. The topological polar surface area (TPSA) is 34.2 Å². The standard InChI is InChI=1S/C14H24N2OS/c1-9-11(16-10(2)18-9)8-15-12-7-13(3,4)17-14(12,5)6/h12,15H,7-8H2,1-6H3/t12-/m0/s1. The van der Waals surface area contributed by atoms with Crippen molar-refractivity contribution >= 4 is 11.3 Å². The summed E-state index contributed by atoms with van der Waals surface area (Å²) in [6.45, 7) is 13.7. The van der Waals surface area contributed by atoms with Crippen LogP contribution >= 0.6 is 11.3 Å². The smallest absolute Gasteiger partial charge is 0.0900 e. The minimum Gasteiger partial charge on any atom is -0.368 e. The van der Waals surface area contributed by atoms with E-state index < -0.39 is 0 Å². The molecule has 1 saturated heterocycles. The van der Waals surface area contributed by atoms with Gasteiger partial charge in [-0.15, -0.1) is 11.3 Å². The first kappa shape index (κ1) is 14.0. The van der Waals surface area contributed by atoms with Crippen molar-refractivity contribution in [1.29, 1.82) is 0 Å². The molecule has 4 heteroatoms. The third kappa shape index (κ3) is 2.92. The largest absolute Gasteiger partial charge is 0.368 e. The van der Waals surface area contributed by atoms with E-state index in [4.69, 9.17) is 4.74 Å². The van der Waals surface area contributed by atoms with Crippen LogP contribution in [0.5, 0.6) is 0 Å². The molecule has 0 saturated carbocycles. The van der Waals surface area contributed by atoms with Gasteiger partial charge in [0.15, 0.2) is 0 Å². The Kier molecular flexibility index (Phi) is 3.56. The van der Waals surface area contributed by atoms with Crippen molar-refractivity contribution in [1.82, 2.24) is 10.3 Å². The molecule has 1 aliphatic rings. The molecule has 2 heterocycles. The second-order valence-corrected chi connectivity index (χ2v) is 7.75. The van der Waals surface area contributed by atoms with Gasteiger partial charge < -0.3 is 10.1 Å². The molecule has 0 unspecified atom stereocenters. The summed E-state index contributed by atoms with van der Waals surface area (Å²) in [5.74, 6) is 0. The molecule has 1 atom stereocenters. The quantitative estimate of drug-likeness (QED) is 0.914. The maximum Gasteiger partial charge on any atom is 0.0900 e. The molecule has 0 spiro atoms. The molecule has 3 nitrogen and oxygen atoms in total. The van der Waals surface area contributed by atoms with E-state index in [1.54, 1.807) is 11.3 Å². The molecule has 1 aromatic heterocycles. The van der Waals surface area contributed by atoms with Crippen molar-refractivity contribution in [3.05, 3.63) is 15.6 Å². The van der Waals surface area contributed by atoms with E-state index in [1.807, 2.05) is 0 Å². The van der Waals surface area contributed by atoms with Crippen LogP contribution in [0.1, 0.15) is 49.7 Å². The molecule has 0 radical (unpaired) electrons. The van der Waals surface area contributed by atoms with E-state index in [1.165, 1.54) is 10.6 Å². The molecule has 2 rings (SSSR count). The number of rotatable bonds is 3. The third-order valence-corrected chi connectivity index (χ3v) is 4.52. The van der Waals surface area contributed by atoms with Gasteiger partial charge in [-0.3, -0.25) is 0 Å². The van der Waals surface area contributed by atoms with Crippen LogP contribution in [0.4, 0.5) is 0 Å². The number of aryl methyl sites for hydroxylation is 2. The molecule has 102 valence electrons. The minimum atomic E-state index is -0.109. The Morgan fingerprint density at radius 1 is 1.33 bits per heavy atom. The summed E-state index contributed by atoms with van der Waals surface area (Å²) >= 11 is 1.77. The Labute approximate surface area is 114 Å². The molecule has 1 N–H and O–H groups in total. The Balaban J connectivity index is 2.00. The van der Waals surface area contributed by atoms with Gasteiger partial charge >= 0.3 is 0 Å². The molecule has 0 aromatic carbocycles. The van der Waals surface area contributed by atoms with Crippen LogP contribution in [0.25, 0.3) is 0 Å². The normalized spacial score (nSPS) is 25.6. The number of thiazole rings is 1. The van der Waals surface area contributed by atoms with E-state index in [0.717, 1.165) is 18.0 Å². The second kappa shape index (κ2) is 4.58. The minimum absolute atomic E-state index is 0.0335. The van der Waals surface area contributed by atoms with E-state index in [9.17, 15) is 0 Å². The van der Waals surface area contributed by atoms with Crippen molar-refractivity contribution < 1.29 is 4.74 Å². The van der Waals surface area contributed by atoms with Gasteiger partial charge in [0.25, 0.3) is 0 Å². The molecule has 1 fully saturated rings. The summed E-state index contributed by atoms with van der Waals surface area (Å²) < 4.78 is 6.09. The van der Waals surface area contributed by atoms with Crippen molar-refractivity contribution in [2.75, 3.05) is 0 Å². The van der Waals surface area contributed by atoms with Crippen LogP contribution in [0.3, 0.4) is 0 Å². The average Bonchev–Trinajstić information content (AvgIpc) is 2.59. The molecule has 0 amide bonds. The van der Waals surface area contributed by atoms with Gasteiger partial charge in [0, 0.05) is 17.5 Å². The molecule has 1 aromatic rings. The highest BCUT2D eigenvalue weighted by atomic mass is 32.1. The number of aromatic nitrogens is 1. The lowest BCUT2D eigenvalue weighted by atomic mass is 9.94. The zero-order chi connectivity index (χ0) is 13.6. The number of hydrogen-bond donors (Lipinski definition) is 1. The van der Waals surface area contributed by atoms with Crippen LogP contribution in [0, 0.1) is 13.8 Å². The van der Waals surface area contributed by atoms with Crippen LogP contribution in [-0.2, 0) is 11.3 Å². The van der Waals surface area contributed by atoms with Gasteiger partial charge in [-0.2, -0.15) is 0 Å². The van der Waals surface area contributed by atoms with E-state index in [0.29, 0.717) is 6.04 Å². The Morgan fingerprint density at radius 2 is 2.00 bits per heavy atom. The molecular formula is C14H24N2OS. The highest BCUT2D eigenvalue weighted by Gasteiger charge is 2.45. The van der Waals surface area contributed by atoms with Crippen LogP contribution in [-0.4, -0.2) is 22.2 Å². The van der Waals surface area contributed by atoms with Gasteiger partial charge in [0.05, 0.1) is 21.9 Å². The summed E-state index contributed by atoms with van der Waals surface area (Å²) in [4.78, 5) is 5.89. The van der Waals surface area contributed by atoms with Gasteiger partial charge in [0.1, 0.15) is 0 Å². The predicted molar refractivity (Wildman–Crippen MR) is 76.1 cm³/mol. The summed E-state index contributed by atoms with van der Waals surface area (Å²) in [7, 11) is 0. The number of nitrogens with zero attached hydrogens (tertiary/aromatic N) is 1. The van der Waals surface area contributed by atoms with Gasteiger partial charge in [-0.05, 0) is 48.0 Å². The Morgan fingerprint density at radius 3 is 2.44 bits per heavy atom. The third-order valence-electron chi connectivity index (χ3n) is 3.59. The maximum absolute atomic E-state index is 6.09. The summed E-state index contributed by atoms with van der Waals surface area (Å²) in [5, 5.41) is 4.76. The summed E-state index contributed by atoms with van der Waals surface area (Å²) in [6.07, 6.45) is 1.04. The molecule has 0 aliphatic carbocycles. The van der Waals surface area contributed by atoms with Crippen molar-refractivity contribution in [2.24, 2.45) is 0 Å². The fourth-order valence-corrected chi connectivity index (χ4v) is 3.67. The fourth-order valence-electron chi connectivity index (χ4n) is 2.84. The second-order valence-electron chi connectivity index (χ2n) is 6.34. The Hall–Kier alpha value is -0.450. The predicted octanol–water partition coefficient (Wildman–Crippen LogP) is 3.20. The van der Waals surface area contributed by atoms with Crippen molar-refractivity contribution in [2.45, 2.75) is 71.8 Å². The number of hydrogen-bond acceptors (Lipinski definition) is 4. The van der Waals surface area contributed by atoms with Gasteiger partial charge in [-0.1, -0.05) is 0 Å². The van der Waals surface area contributed by atoms with Crippen LogP contribution < -0.4 is 5.32 Å². The highest BCUT2D eigenvalue weighted by Crippen LogP contribution is 2.37. The SMILES string of the molecule is Cc1nc(CN[C@H]2CC(C)(C)OC2(C)C)c(C)s1. The fraction of sp³-hybridized carbons (Fsp3) is 0.786. The lowest BCUT2D eigenvalue weighted by Gasteiger charge is -2.27. The van der Waals surface area contributed by atoms with Gasteiger partial charge in [0.2, 0.25) is 0 Å². The lowest BCUT2D eigenvalue weighted by molar-refractivity contribution is -0.0699. The number of nitrogens with one attached hydrogen (secondary N) is 1. The first-order chi connectivity index (χ1) is 8.20. The first-order valence-corrected chi connectivity index (χ1v) is 7.38. The zero-order valence-corrected chi connectivity index (χ0v) is 13.1. The van der Waals surface area contributed by atoms with Crippen LogP contribution in [0.15, 0.2) is 0 Å². The van der Waals surface area contributed by atoms with E-state index >= 15 is 0 Å². The molecule has 0 bridgehead atoms. The first-order valence-electron chi connectivity index (χ1n) is 6.56. The molecular weight excluding hydrogens is 244 g/mol. The lowest BCUT2D eigenvalue weighted by Crippen LogP contribution is -2.43. The van der Waals surface area contributed by atoms with Gasteiger partial charge in [-0.25, -0.2) is 4.98 Å². The molecule has 18 heavy (non-hydrogen) atoms. The molecule has 1 aliphatic heterocycles. The van der Waals surface area contributed by atoms with Crippen molar-refractivity contribution in [3.63, 3.8) is 0 Å². The summed E-state index contributed by atoms with van der Waals surface area (Å²) in [5.41, 5.74) is 1.04. The summed E-state index contributed by atoms with van der Waals surface area (Å²) in [6, 6.07) is 0.383. The number of ether oxygens (including phenoxy) is 1. The highest BCUT2D eigenvalue weighted by molar-refractivity contribution is 7.11. The monoisotopic (exact) mass is 268 g/mol. The average molecular weight is 268 g/mol. The van der Waals surface area contributed by atoms with E-state index in [-0.39, 0.29) is 11.2 Å². The zero-order valence-electron chi connectivity index (χ0n) is 12.3. The van der Waals surface area contributed by atoms with E-state index in [2.05, 4.69) is 51.8 Å². The van der Waals surface area contributed by atoms with Crippen molar-refractivity contribution in [3.8, 4) is 0 Å². The Bertz CT molecular complexity index is 437.